The number of rotatable bonds is 2. The Morgan fingerprint density at radius 2 is 1.41 bits per heavy atom. The maximum absolute atomic E-state index is 10.8. The molecule has 0 atom stereocenters. The van der Waals surface area contributed by atoms with Crippen LogP contribution in [0.25, 0.3) is 0 Å². The van der Waals surface area contributed by atoms with E-state index < -0.39 is 0 Å². The molecule has 120 valence electrons. The van der Waals surface area contributed by atoms with Crippen LogP contribution in [0, 0.1) is 13.8 Å². The molecule has 0 saturated heterocycles. The predicted molar refractivity (Wildman–Crippen MR) is 96.2 cm³/mol. The lowest BCUT2D eigenvalue weighted by Gasteiger charge is -1.97. The quantitative estimate of drug-likeness (QED) is 0.787. The summed E-state index contributed by atoms with van der Waals surface area (Å²) in [4.78, 5) is 10.8. The van der Waals surface area contributed by atoms with E-state index in [1.54, 1.807) is 19.1 Å². The van der Waals surface area contributed by atoms with Crippen molar-refractivity contribution in [3.05, 3.63) is 70.8 Å². The van der Waals surface area contributed by atoms with Crippen LogP contribution in [0.1, 0.15) is 54.2 Å². The summed E-state index contributed by atoms with van der Waals surface area (Å²) in [5.74, 6) is 0.0913. The Morgan fingerprint density at radius 1 is 0.955 bits per heavy atom. The standard InChI is InChI=1S/C9H11NO.C8H10.C3H8/c1-7(11)9-4-2-8(6-10)3-5-9;1-7-4-3-5-8(2)6-7;1-3-2/h2-5H,6,10H2,1H3;3-6H,1-2H3;3H2,1-2H3. The van der Waals surface area contributed by atoms with E-state index in [9.17, 15) is 4.79 Å². The fraction of sp³-hybridized carbons (Fsp3) is 0.350. The normalized spacial score (nSPS) is 9.00. The minimum absolute atomic E-state index is 0.0913. The highest BCUT2D eigenvalue weighted by atomic mass is 16.1. The van der Waals surface area contributed by atoms with Crippen LogP contribution < -0.4 is 5.73 Å². The lowest BCUT2D eigenvalue weighted by molar-refractivity contribution is 0.101. The van der Waals surface area contributed by atoms with E-state index in [0.29, 0.717) is 6.54 Å². The molecule has 0 bridgehead atoms. The molecular formula is C20H29NO. The van der Waals surface area contributed by atoms with Gasteiger partial charge in [-0.25, -0.2) is 0 Å². The van der Waals surface area contributed by atoms with Crippen molar-refractivity contribution in [2.75, 3.05) is 0 Å². The highest BCUT2D eigenvalue weighted by molar-refractivity contribution is 5.93. The van der Waals surface area contributed by atoms with E-state index in [4.69, 9.17) is 5.73 Å². The molecule has 2 aromatic carbocycles. The van der Waals surface area contributed by atoms with Crippen LogP contribution >= 0.6 is 0 Å². The van der Waals surface area contributed by atoms with Crippen LogP contribution in [0.5, 0.6) is 0 Å². The van der Waals surface area contributed by atoms with Crippen molar-refractivity contribution in [3.8, 4) is 0 Å². The largest absolute Gasteiger partial charge is 0.326 e. The van der Waals surface area contributed by atoms with Gasteiger partial charge >= 0.3 is 0 Å². The Bertz CT molecular complexity index is 527. The average molecular weight is 299 g/mol. The third kappa shape index (κ3) is 9.09. The molecule has 0 spiro atoms. The van der Waals surface area contributed by atoms with Gasteiger partial charge in [-0.3, -0.25) is 4.79 Å². The molecule has 2 N–H and O–H groups in total. The van der Waals surface area contributed by atoms with Gasteiger partial charge in [0.05, 0.1) is 0 Å². The molecule has 0 fully saturated rings. The van der Waals surface area contributed by atoms with Crippen molar-refractivity contribution in [1.29, 1.82) is 0 Å². The van der Waals surface area contributed by atoms with Gasteiger partial charge in [-0.05, 0) is 26.3 Å². The number of ketones is 1. The van der Waals surface area contributed by atoms with Crippen LogP contribution in [0.15, 0.2) is 48.5 Å². The van der Waals surface area contributed by atoms with Crippen molar-refractivity contribution in [1.82, 2.24) is 0 Å². The molecule has 0 radical (unpaired) electrons. The smallest absolute Gasteiger partial charge is 0.159 e. The van der Waals surface area contributed by atoms with Gasteiger partial charge in [0, 0.05) is 12.1 Å². The summed E-state index contributed by atoms with van der Waals surface area (Å²) in [5.41, 5.74) is 9.86. The number of hydrogen-bond acceptors (Lipinski definition) is 2. The molecular weight excluding hydrogens is 270 g/mol. The molecule has 0 aliphatic carbocycles. The van der Waals surface area contributed by atoms with Crippen molar-refractivity contribution >= 4 is 5.78 Å². The minimum atomic E-state index is 0.0913. The Morgan fingerprint density at radius 3 is 1.68 bits per heavy atom. The van der Waals surface area contributed by atoms with Crippen LogP contribution in [0.4, 0.5) is 0 Å². The number of hydrogen-bond donors (Lipinski definition) is 1. The Hall–Kier alpha value is -1.93. The second-order valence-corrected chi connectivity index (χ2v) is 5.32. The van der Waals surface area contributed by atoms with E-state index >= 15 is 0 Å². The van der Waals surface area contributed by atoms with E-state index in [0.717, 1.165) is 11.1 Å². The zero-order valence-corrected chi connectivity index (χ0v) is 14.5. The molecule has 0 aliphatic rings. The van der Waals surface area contributed by atoms with Gasteiger partial charge in [-0.15, -0.1) is 0 Å². The summed E-state index contributed by atoms with van der Waals surface area (Å²) in [7, 11) is 0. The third-order valence-electron chi connectivity index (χ3n) is 2.77. The first-order valence-electron chi connectivity index (χ1n) is 7.77. The lowest BCUT2D eigenvalue weighted by Crippen LogP contribution is -1.97. The van der Waals surface area contributed by atoms with Gasteiger partial charge < -0.3 is 5.73 Å². The van der Waals surface area contributed by atoms with Crippen molar-refractivity contribution < 1.29 is 4.79 Å². The Balaban J connectivity index is 0.000000352. The molecule has 0 saturated carbocycles. The summed E-state index contributed by atoms with van der Waals surface area (Å²) in [6, 6.07) is 15.8. The molecule has 22 heavy (non-hydrogen) atoms. The number of aryl methyl sites for hydroxylation is 2. The van der Waals surface area contributed by atoms with Gasteiger partial charge in [0.25, 0.3) is 0 Å². The minimum Gasteiger partial charge on any atom is -0.326 e. The fourth-order valence-corrected chi connectivity index (χ4v) is 1.68. The van der Waals surface area contributed by atoms with Crippen LogP contribution in [0.3, 0.4) is 0 Å². The van der Waals surface area contributed by atoms with Gasteiger partial charge in [0.2, 0.25) is 0 Å². The molecule has 0 aromatic heterocycles. The molecule has 2 heteroatoms. The molecule has 2 rings (SSSR count). The number of nitrogens with two attached hydrogens (primary N) is 1. The highest BCUT2D eigenvalue weighted by Gasteiger charge is 1.96. The number of carbonyl (C=O) groups excluding carboxylic acids is 1. The second-order valence-electron chi connectivity index (χ2n) is 5.32. The number of carbonyl (C=O) groups is 1. The van der Waals surface area contributed by atoms with Crippen molar-refractivity contribution in [2.24, 2.45) is 5.73 Å². The monoisotopic (exact) mass is 299 g/mol. The number of Topliss-reactive ketones (excluding diaryl/α,β-unsaturated/α-hetero) is 1. The van der Waals surface area contributed by atoms with Crippen molar-refractivity contribution in [2.45, 2.75) is 47.6 Å². The fourth-order valence-electron chi connectivity index (χ4n) is 1.68. The molecule has 0 amide bonds. The third-order valence-corrected chi connectivity index (χ3v) is 2.77. The summed E-state index contributed by atoms with van der Waals surface area (Å²) in [5, 5.41) is 0. The Labute approximate surface area is 135 Å². The summed E-state index contributed by atoms with van der Waals surface area (Å²) >= 11 is 0. The zero-order chi connectivity index (χ0) is 17.0. The van der Waals surface area contributed by atoms with E-state index in [2.05, 4.69) is 52.0 Å². The molecule has 0 unspecified atom stereocenters. The maximum atomic E-state index is 10.8. The molecule has 2 aromatic rings. The first-order valence-corrected chi connectivity index (χ1v) is 7.77. The highest BCUT2D eigenvalue weighted by Crippen LogP contribution is 2.03. The van der Waals surface area contributed by atoms with E-state index in [-0.39, 0.29) is 5.78 Å². The van der Waals surface area contributed by atoms with Gasteiger partial charge in [-0.1, -0.05) is 79.9 Å². The maximum Gasteiger partial charge on any atom is 0.159 e. The van der Waals surface area contributed by atoms with Gasteiger partial charge in [0.1, 0.15) is 0 Å². The predicted octanol–water partition coefficient (Wildman–Crippen LogP) is 5.07. The second kappa shape index (κ2) is 11.7. The summed E-state index contributed by atoms with van der Waals surface area (Å²) in [6.45, 7) is 10.5. The molecule has 0 aliphatic heterocycles. The molecule has 2 nitrogen and oxygen atoms in total. The molecule has 0 heterocycles. The van der Waals surface area contributed by atoms with Gasteiger partial charge in [-0.2, -0.15) is 0 Å². The van der Waals surface area contributed by atoms with E-state index in [1.165, 1.54) is 17.5 Å². The summed E-state index contributed by atoms with van der Waals surface area (Å²) < 4.78 is 0. The van der Waals surface area contributed by atoms with Crippen molar-refractivity contribution in [3.63, 3.8) is 0 Å². The zero-order valence-electron chi connectivity index (χ0n) is 14.5. The summed E-state index contributed by atoms with van der Waals surface area (Å²) in [6.07, 6.45) is 1.25. The van der Waals surface area contributed by atoms with E-state index in [1.807, 2.05) is 12.1 Å². The lowest BCUT2D eigenvalue weighted by atomic mass is 10.1. The van der Waals surface area contributed by atoms with Crippen LogP contribution in [-0.2, 0) is 6.54 Å². The van der Waals surface area contributed by atoms with Crippen LogP contribution in [-0.4, -0.2) is 5.78 Å². The SMILES string of the molecule is CC(=O)c1ccc(CN)cc1.CCC.Cc1cccc(C)c1. The topological polar surface area (TPSA) is 43.1 Å². The average Bonchev–Trinajstić information content (AvgIpc) is 2.48. The van der Waals surface area contributed by atoms with Gasteiger partial charge in [0.15, 0.2) is 5.78 Å². The number of benzene rings is 2. The van der Waals surface area contributed by atoms with Crippen LogP contribution in [0.2, 0.25) is 0 Å². The first-order chi connectivity index (χ1) is 10.4. The first kappa shape index (κ1) is 20.1. The Kier molecular flexibility index (Phi) is 10.7.